The first-order chi connectivity index (χ1) is 9.83. The van der Waals surface area contributed by atoms with E-state index in [0.717, 1.165) is 29.0 Å². The largest absolute Gasteiger partial charge is 0.399 e. The molecule has 0 aliphatic rings. The Morgan fingerprint density at radius 2 is 1.95 bits per heavy atom. The standard InChI is InChI=1S/C16H25N3OSi/c1-13-7-14(9-16(17)8-13)15-10-18-19(11-15)12-20-5-6-21(2,3)4/h7-11H,5-6,12,17H2,1-4H3. The molecule has 114 valence electrons. The molecule has 0 aliphatic heterocycles. The van der Waals surface area contributed by atoms with Gasteiger partial charge in [-0.05, 0) is 36.2 Å². The van der Waals surface area contributed by atoms with Crippen molar-refractivity contribution >= 4 is 13.8 Å². The van der Waals surface area contributed by atoms with Gasteiger partial charge in [0.1, 0.15) is 6.73 Å². The van der Waals surface area contributed by atoms with E-state index in [-0.39, 0.29) is 0 Å². The van der Waals surface area contributed by atoms with Crippen LogP contribution in [0.15, 0.2) is 30.6 Å². The van der Waals surface area contributed by atoms with Crippen LogP contribution in [0.5, 0.6) is 0 Å². The van der Waals surface area contributed by atoms with Crippen LogP contribution in [-0.4, -0.2) is 24.5 Å². The fourth-order valence-electron chi connectivity index (χ4n) is 2.10. The van der Waals surface area contributed by atoms with E-state index in [9.17, 15) is 0 Å². The summed E-state index contributed by atoms with van der Waals surface area (Å²) in [5.74, 6) is 0. The van der Waals surface area contributed by atoms with E-state index in [1.54, 1.807) is 0 Å². The van der Waals surface area contributed by atoms with E-state index in [1.165, 1.54) is 6.04 Å². The van der Waals surface area contributed by atoms with E-state index < -0.39 is 8.07 Å². The molecule has 0 saturated carbocycles. The lowest BCUT2D eigenvalue weighted by Crippen LogP contribution is -2.22. The number of nitrogens with zero attached hydrogens (tertiary/aromatic N) is 2. The average Bonchev–Trinajstić information content (AvgIpc) is 2.81. The Bertz CT molecular complexity index is 582. The highest BCUT2D eigenvalue weighted by Gasteiger charge is 2.12. The van der Waals surface area contributed by atoms with Gasteiger partial charge in [-0.3, -0.25) is 0 Å². The summed E-state index contributed by atoms with van der Waals surface area (Å²) >= 11 is 0. The van der Waals surface area contributed by atoms with Crippen LogP contribution in [0, 0.1) is 6.92 Å². The number of aryl methyl sites for hydroxylation is 1. The Balaban J connectivity index is 1.95. The van der Waals surface area contributed by atoms with Crippen LogP contribution in [-0.2, 0) is 11.5 Å². The van der Waals surface area contributed by atoms with Crippen molar-refractivity contribution in [3.05, 3.63) is 36.2 Å². The number of rotatable bonds is 6. The molecule has 2 N–H and O–H groups in total. The molecule has 0 radical (unpaired) electrons. The zero-order chi connectivity index (χ0) is 15.5. The minimum absolute atomic E-state index is 0.506. The van der Waals surface area contributed by atoms with Gasteiger partial charge >= 0.3 is 0 Å². The SMILES string of the molecule is Cc1cc(N)cc(-c2cnn(COCC[Si](C)(C)C)c2)c1. The molecule has 21 heavy (non-hydrogen) atoms. The van der Waals surface area contributed by atoms with Crippen LogP contribution >= 0.6 is 0 Å². The average molecular weight is 303 g/mol. The predicted molar refractivity (Wildman–Crippen MR) is 90.9 cm³/mol. The molecule has 0 bridgehead atoms. The summed E-state index contributed by atoms with van der Waals surface area (Å²) < 4.78 is 7.53. The molecule has 1 aromatic heterocycles. The maximum atomic E-state index is 5.89. The smallest absolute Gasteiger partial charge is 0.139 e. The number of nitrogen functional groups attached to an aromatic ring is 1. The lowest BCUT2D eigenvalue weighted by molar-refractivity contribution is 0.0786. The molecule has 1 heterocycles. The van der Waals surface area contributed by atoms with E-state index in [2.05, 4.69) is 30.8 Å². The maximum Gasteiger partial charge on any atom is 0.139 e. The first-order valence-corrected chi connectivity index (χ1v) is 11.0. The number of hydrogen-bond acceptors (Lipinski definition) is 3. The van der Waals surface area contributed by atoms with Crippen molar-refractivity contribution in [2.24, 2.45) is 0 Å². The van der Waals surface area contributed by atoms with Crippen molar-refractivity contribution in [2.75, 3.05) is 12.3 Å². The fraction of sp³-hybridized carbons (Fsp3) is 0.438. The monoisotopic (exact) mass is 303 g/mol. The van der Waals surface area contributed by atoms with Gasteiger partial charge in [-0.25, -0.2) is 4.68 Å². The highest BCUT2D eigenvalue weighted by molar-refractivity contribution is 6.76. The first-order valence-electron chi connectivity index (χ1n) is 7.31. The van der Waals surface area contributed by atoms with Gasteiger partial charge in [-0.1, -0.05) is 25.7 Å². The lowest BCUT2D eigenvalue weighted by Gasteiger charge is -2.15. The predicted octanol–water partition coefficient (Wildman–Crippen LogP) is 3.75. The highest BCUT2D eigenvalue weighted by atomic mass is 28.3. The Labute approximate surface area is 127 Å². The summed E-state index contributed by atoms with van der Waals surface area (Å²) in [6.07, 6.45) is 3.86. The summed E-state index contributed by atoms with van der Waals surface area (Å²) in [5, 5.41) is 4.35. The van der Waals surface area contributed by atoms with E-state index in [0.29, 0.717) is 6.73 Å². The Hall–Kier alpha value is -1.59. The number of hydrogen-bond donors (Lipinski definition) is 1. The Kier molecular flexibility index (Phi) is 4.85. The summed E-state index contributed by atoms with van der Waals surface area (Å²) in [7, 11) is -1.02. The molecule has 1 aromatic carbocycles. The maximum absolute atomic E-state index is 5.89. The number of ether oxygens (including phenoxy) is 1. The summed E-state index contributed by atoms with van der Waals surface area (Å²) in [6, 6.07) is 7.23. The topological polar surface area (TPSA) is 53.1 Å². The third kappa shape index (κ3) is 5.02. The van der Waals surface area contributed by atoms with Gasteiger partial charge in [0.25, 0.3) is 0 Å². The second-order valence-electron chi connectivity index (χ2n) is 6.75. The van der Waals surface area contributed by atoms with E-state index >= 15 is 0 Å². The van der Waals surface area contributed by atoms with E-state index in [1.807, 2.05) is 36.1 Å². The molecule has 0 spiro atoms. The van der Waals surface area contributed by atoms with Crippen molar-refractivity contribution in [1.29, 1.82) is 0 Å². The summed E-state index contributed by atoms with van der Waals surface area (Å²) in [4.78, 5) is 0. The highest BCUT2D eigenvalue weighted by Crippen LogP contribution is 2.22. The molecule has 4 nitrogen and oxygen atoms in total. The van der Waals surface area contributed by atoms with Gasteiger partial charge in [0.05, 0.1) is 6.20 Å². The van der Waals surface area contributed by atoms with E-state index in [4.69, 9.17) is 10.5 Å². The van der Waals surface area contributed by atoms with Crippen LogP contribution in [0.1, 0.15) is 5.56 Å². The minimum Gasteiger partial charge on any atom is -0.399 e. The molecular weight excluding hydrogens is 278 g/mol. The van der Waals surface area contributed by atoms with Crippen molar-refractivity contribution in [2.45, 2.75) is 39.3 Å². The van der Waals surface area contributed by atoms with Crippen molar-refractivity contribution < 1.29 is 4.74 Å². The van der Waals surface area contributed by atoms with Crippen LogP contribution in [0.4, 0.5) is 5.69 Å². The fourth-order valence-corrected chi connectivity index (χ4v) is 2.86. The van der Waals surface area contributed by atoms with Gasteiger partial charge in [-0.2, -0.15) is 5.10 Å². The van der Waals surface area contributed by atoms with Gasteiger partial charge in [0.15, 0.2) is 0 Å². The van der Waals surface area contributed by atoms with Gasteiger partial charge < -0.3 is 10.5 Å². The molecule has 0 fully saturated rings. The lowest BCUT2D eigenvalue weighted by atomic mass is 10.1. The third-order valence-electron chi connectivity index (χ3n) is 3.29. The second-order valence-corrected chi connectivity index (χ2v) is 12.4. The number of nitrogens with two attached hydrogens (primary N) is 1. The summed E-state index contributed by atoms with van der Waals surface area (Å²) in [5.41, 5.74) is 10.00. The van der Waals surface area contributed by atoms with Gasteiger partial charge in [0, 0.05) is 32.1 Å². The number of aromatic nitrogens is 2. The normalized spacial score (nSPS) is 11.8. The molecule has 2 rings (SSSR count). The van der Waals surface area contributed by atoms with Crippen LogP contribution in [0.2, 0.25) is 25.7 Å². The minimum atomic E-state index is -1.02. The van der Waals surface area contributed by atoms with Gasteiger partial charge in [0.2, 0.25) is 0 Å². The molecule has 0 unspecified atom stereocenters. The van der Waals surface area contributed by atoms with Crippen molar-refractivity contribution in [3.8, 4) is 11.1 Å². The van der Waals surface area contributed by atoms with Gasteiger partial charge in [-0.15, -0.1) is 0 Å². The van der Waals surface area contributed by atoms with Crippen LogP contribution in [0.25, 0.3) is 11.1 Å². The zero-order valence-electron chi connectivity index (χ0n) is 13.4. The quantitative estimate of drug-likeness (QED) is 0.502. The molecule has 0 saturated heterocycles. The molecule has 0 atom stereocenters. The van der Waals surface area contributed by atoms with Crippen molar-refractivity contribution in [3.63, 3.8) is 0 Å². The molecule has 0 amide bonds. The van der Waals surface area contributed by atoms with Crippen LogP contribution < -0.4 is 5.73 Å². The zero-order valence-corrected chi connectivity index (χ0v) is 14.4. The second kappa shape index (κ2) is 6.45. The Morgan fingerprint density at radius 3 is 2.62 bits per heavy atom. The number of anilines is 1. The summed E-state index contributed by atoms with van der Waals surface area (Å²) in [6.45, 7) is 10.4. The van der Waals surface area contributed by atoms with Crippen LogP contribution in [0.3, 0.4) is 0 Å². The van der Waals surface area contributed by atoms with Crippen molar-refractivity contribution in [1.82, 2.24) is 9.78 Å². The molecule has 2 aromatic rings. The molecule has 5 heteroatoms. The molecule has 0 aliphatic carbocycles. The molecular formula is C16H25N3OSi. The number of benzene rings is 1. The Morgan fingerprint density at radius 1 is 1.19 bits per heavy atom. The third-order valence-corrected chi connectivity index (χ3v) is 4.99. The first kappa shape index (κ1) is 15.8.